The first kappa shape index (κ1) is 17.6. The van der Waals surface area contributed by atoms with Crippen molar-refractivity contribution in [3.05, 3.63) is 95.6 Å². The van der Waals surface area contributed by atoms with Crippen LogP contribution in [0.5, 0.6) is 0 Å². The first-order valence-corrected chi connectivity index (χ1v) is 10.0. The molecule has 2 unspecified atom stereocenters. The molecule has 0 saturated carbocycles. The maximum absolute atomic E-state index is 13.4. The topological polar surface area (TPSA) is 60.0 Å². The number of hydrogen-bond acceptors (Lipinski definition) is 4. The fraction of sp³-hybridized carbons (Fsp3) is 0.0952. The van der Waals surface area contributed by atoms with Gasteiger partial charge in [0.05, 0.1) is 11.4 Å². The van der Waals surface area contributed by atoms with E-state index in [1.807, 2.05) is 36.4 Å². The van der Waals surface area contributed by atoms with Gasteiger partial charge in [-0.1, -0.05) is 12.1 Å². The van der Waals surface area contributed by atoms with E-state index in [-0.39, 0.29) is 12.0 Å². The molecule has 3 aromatic rings. The zero-order valence-corrected chi connectivity index (χ0v) is 15.5. The van der Waals surface area contributed by atoms with Crippen LogP contribution < -0.4 is 10.6 Å². The van der Waals surface area contributed by atoms with E-state index >= 15 is 0 Å². The van der Waals surface area contributed by atoms with Gasteiger partial charge in [0.25, 0.3) is 0 Å². The largest absolute Gasteiger partial charge is 0.612 e. The van der Waals surface area contributed by atoms with Gasteiger partial charge in [-0.3, -0.25) is 4.98 Å². The summed E-state index contributed by atoms with van der Waals surface area (Å²) in [4.78, 5) is 4.87. The van der Waals surface area contributed by atoms with Crippen molar-refractivity contribution in [3.63, 3.8) is 0 Å². The van der Waals surface area contributed by atoms with E-state index in [0.717, 1.165) is 33.0 Å². The average molecular weight is 379 g/mol. The molecule has 4 rings (SSSR count). The van der Waals surface area contributed by atoms with Gasteiger partial charge in [0.1, 0.15) is 18.2 Å². The van der Waals surface area contributed by atoms with Gasteiger partial charge in [0.2, 0.25) is 0 Å². The normalized spacial score (nSPS) is 17.4. The summed E-state index contributed by atoms with van der Waals surface area (Å²) >= 11 is -1.01. The minimum Gasteiger partial charge on any atom is -0.612 e. The van der Waals surface area contributed by atoms with Crippen molar-refractivity contribution in [3.8, 4) is 0 Å². The van der Waals surface area contributed by atoms with Crippen molar-refractivity contribution < 1.29 is 8.94 Å². The van der Waals surface area contributed by atoms with Crippen LogP contribution in [0, 0.1) is 5.82 Å². The quantitative estimate of drug-likeness (QED) is 0.679. The van der Waals surface area contributed by atoms with Crippen molar-refractivity contribution in [1.29, 1.82) is 0 Å². The molecule has 1 aliphatic heterocycles. The Morgan fingerprint density at radius 1 is 0.852 bits per heavy atom. The van der Waals surface area contributed by atoms with E-state index in [4.69, 9.17) is 0 Å². The molecule has 0 fully saturated rings. The van der Waals surface area contributed by atoms with Crippen LogP contribution in [0.15, 0.2) is 78.0 Å². The van der Waals surface area contributed by atoms with Gasteiger partial charge in [0, 0.05) is 23.5 Å². The van der Waals surface area contributed by atoms with Crippen LogP contribution in [0.3, 0.4) is 0 Å². The van der Waals surface area contributed by atoms with Crippen molar-refractivity contribution in [2.45, 2.75) is 11.1 Å². The van der Waals surface area contributed by atoms with E-state index in [1.54, 1.807) is 30.8 Å². The van der Waals surface area contributed by atoms with E-state index < -0.39 is 11.2 Å². The minimum absolute atomic E-state index is 0.146. The summed E-state index contributed by atoms with van der Waals surface area (Å²) in [6.45, 7) is 0. The molecule has 0 radical (unpaired) electrons. The number of nitrogens with one attached hydrogen (secondary N) is 2. The summed E-state index contributed by atoms with van der Waals surface area (Å²) in [7, 11) is 0. The van der Waals surface area contributed by atoms with Crippen molar-refractivity contribution in [1.82, 2.24) is 15.6 Å². The lowest BCUT2D eigenvalue weighted by Gasteiger charge is -2.15. The number of benzene rings is 2. The molecule has 0 amide bonds. The second kappa shape index (κ2) is 7.42. The Bertz CT molecular complexity index is 957. The molecule has 0 spiro atoms. The zero-order chi connectivity index (χ0) is 18.8. The van der Waals surface area contributed by atoms with Crippen LogP contribution in [0.25, 0.3) is 11.4 Å². The fourth-order valence-electron chi connectivity index (χ4n) is 3.08. The van der Waals surface area contributed by atoms with Gasteiger partial charge in [-0.2, -0.15) is 0 Å². The SMILES string of the molecule is C[S+]([O-])c1ccc(C2NC(c3ccncc3)=C(c3ccc(F)cc3)N2)cc1. The predicted octanol–water partition coefficient (Wildman–Crippen LogP) is 3.68. The lowest BCUT2D eigenvalue weighted by Crippen LogP contribution is -2.23. The molecule has 2 aromatic carbocycles. The Kier molecular flexibility index (Phi) is 4.83. The summed E-state index contributed by atoms with van der Waals surface area (Å²) in [5.74, 6) is -0.268. The number of hydrogen-bond donors (Lipinski definition) is 2. The molecule has 2 atom stereocenters. The Balaban J connectivity index is 1.69. The minimum atomic E-state index is -1.01. The van der Waals surface area contributed by atoms with E-state index in [9.17, 15) is 8.94 Å². The summed E-state index contributed by atoms with van der Waals surface area (Å²) in [6, 6.07) is 17.9. The highest BCUT2D eigenvalue weighted by Crippen LogP contribution is 2.32. The summed E-state index contributed by atoms with van der Waals surface area (Å²) in [6.07, 6.45) is 5.00. The van der Waals surface area contributed by atoms with Crippen LogP contribution in [-0.4, -0.2) is 15.8 Å². The molecule has 6 heteroatoms. The molecule has 136 valence electrons. The van der Waals surface area contributed by atoms with E-state index in [0.29, 0.717) is 0 Å². The zero-order valence-electron chi connectivity index (χ0n) is 14.6. The summed E-state index contributed by atoms with van der Waals surface area (Å²) in [5.41, 5.74) is 4.73. The molecule has 1 aromatic heterocycles. The molecule has 2 heterocycles. The smallest absolute Gasteiger partial charge is 0.152 e. The molecule has 2 N–H and O–H groups in total. The Morgan fingerprint density at radius 2 is 1.41 bits per heavy atom. The van der Waals surface area contributed by atoms with Gasteiger partial charge in [-0.25, -0.2) is 4.39 Å². The molecule has 1 aliphatic rings. The maximum atomic E-state index is 13.4. The highest BCUT2D eigenvalue weighted by molar-refractivity contribution is 7.90. The van der Waals surface area contributed by atoms with Gasteiger partial charge in [-0.05, 0) is 65.3 Å². The third kappa shape index (κ3) is 3.67. The van der Waals surface area contributed by atoms with Crippen LogP contribution in [0.2, 0.25) is 0 Å². The standard InChI is InChI=1S/C21H18FN3OS/c1-27(26)18-8-4-16(5-9-18)21-24-19(14-2-6-17(22)7-3-14)20(25-21)15-10-12-23-13-11-15/h2-13,21,24-25H,1H3. The fourth-order valence-corrected chi connectivity index (χ4v) is 3.60. The molecule has 0 aliphatic carbocycles. The van der Waals surface area contributed by atoms with Gasteiger partial charge in [-0.15, -0.1) is 0 Å². The Hall–Kier alpha value is -2.83. The monoisotopic (exact) mass is 379 g/mol. The Morgan fingerprint density at radius 3 is 1.96 bits per heavy atom. The van der Waals surface area contributed by atoms with Crippen molar-refractivity contribution >= 4 is 22.6 Å². The van der Waals surface area contributed by atoms with E-state index in [2.05, 4.69) is 15.6 Å². The van der Waals surface area contributed by atoms with Gasteiger partial charge < -0.3 is 15.2 Å². The third-order valence-electron chi connectivity index (χ3n) is 4.47. The maximum Gasteiger partial charge on any atom is 0.152 e. The number of halogens is 1. The van der Waals surface area contributed by atoms with E-state index in [1.165, 1.54) is 12.1 Å². The second-order valence-corrected chi connectivity index (χ2v) is 7.62. The van der Waals surface area contributed by atoms with Crippen LogP contribution >= 0.6 is 0 Å². The van der Waals surface area contributed by atoms with Crippen LogP contribution in [-0.2, 0) is 11.2 Å². The number of nitrogens with zero attached hydrogens (tertiary/aromatic N) is 1. The third-order valence-corrected chi connectivity index (χ3v) is 5.41. The molecular weight excluding hydrogens is 361 g/mol. The van der Waals surface area contributed by atoms with Gasteiger partial charge in [0.15, 0.2) is 4.90 Å². The lowest BCUT2D eigenvalue weighted by atomic mass is 10.1. The molecular formula is C21H18FN3OS. The van der Waals surface area contributed by atoms with Gasteiger partial charge >= 0.3 is 0 Å². The highest BCUT2D eigenvalue weighted by Gasteiger charge is 2.26. The highest BCUT2D eigenvalue weighted by atomic mass is 32.2. The number of aromatic nitrogens is 1. The molecule has 4 nitrogen and oxygen atoms in total. The first-order valence-electron chi connectivity index (χ1n) is 8.49. The van der Waals surface area contributed by atoms with Crippen LogP contribution in [0.4, 0.5) is 4.39 Å². The Labute approximate surface area is 160 Å². The number of rotatable bonds is 4. The molecule has 0 bridgehead atoms. The summed E-state index contributed by atoms with van der Waals surface area (Å²) < 4.78 is 25.0. The predicted molar refractivity (Wildman–Crippen MR) is 105 cm³/mol. The second-order valence-electron chi connectivity index (χ2n) is 6.24. The molecule has 27 heavy (non-hydrogen) atoms. The summed E-state index contributed by atoms with van der Waals surface area (Å²) in [5, 5.41) is 7.00. The first-order chi connectivity index (χ1) is 13.1. The van der Waals surface area contributed by atoms with Crippen molar-refractivity contribution in [2.75, 3.05) is 6.26 Å². The number of pyridine rings is 1. The molecule has 0 saturated heterocycles. The van der Waals surface area contributed by atoms with Crippen molar-refractivity contribution in [2.24, 2.45) is 0 Å². The lowest BCUT2D eigenvalue weighted by molar-refractivity contribution is 0.599. The van der Waals surface area contributed by atoms with Crippen LogP contribution in [0.1, 0.15) is 22.9 Å². The average Bonchev–Trinajstić information content (AvgIpc) is 3.15.